The monoisotopic (exact) mass is 524 g/mol. The summed E-state index contributed by atoms with van der Waals surface area (Å²) in [5, 5.41) is 19.4. The van der Waals surface area contributed by atoms with Crippen molar-refractivity contribution in [2.45, 2.75) is 13.0 Å². The van der Waals surface area contributed by atoms with Crippen LogP contribution in [0.5, 0.6) is 0 Å². The van der Waals surface area contributed by atoms with Gasteiger partial charge in [-0.2, -0.15) is 0 Å². The molecule has 38 heavy (non-hydrogen) atoms. The van der Waals surface area contributed by atoms with Crippen LogP contribution >= 0.6 is 0 Å². The van der Waals surface area contributed by atoms with E-state index in [0.29, 0.717) is 16.9 Å². The lowest BCUT2D eigenvalue weighted by atomic mass is 10.1. The highest BCUT2D eigenvalue weighted by molar-refractivity contribution is 6.07. The number of nitrogens with one attached hydrogen (secondary N) is 2. The van der Waals surface area contributed by atoms with Gasteiger partial charge in [-0.15, -0.1) is 0 Å². The van der Waals surface area contributed by atoms with Gasteiger partial charge in [0.05, 0.1) is 29.7 Å². The molecule has 9 nitrogen and oxygen atoms in total. The van der Waals surface area contributed by atoms with Crippen molar-refractivity contribution >= 4 is 40.1 Å². The molecule has 5 N–H and O–H groups in total. The van der Waals surface area contributed by atoms with Crippen molar-refractivity contribution in [3.63, 3.8) is 0 Å². The third-order valence-corrected chi connectivity index (χ3v) is 5.95. The standard InChI is InChI=1S/C26H23F3N6O3/c1-34-22-7-3-15(26(38)35(9-8-24(36)37)16-4-5-17(27)18(28)12-16)11-21(22)33-23(34)13-32-20-6-2-14(25(30)31)10-19(20)29/h2-7,10-12,32H,8-9,13H2,1H3,(H3,30,31)(H,36,37). The first-order valence-electron chi connectivity index (χ1n) is 11.4. The molecule has 3 aromatic carbocycles. The van der Waals surface area contributed by atoms with Crippen molar-refractivity contribution in [3.05, 3.63) is 89.0 Å². The molecule has 0 saturated carbocycles. The molecule has 0 unspecified atom stereocenters. The van der Waals surface area contributed by atoms with Gasteiger partial charge < -0.3 is 25.6 Å². The van der Waals surface area contributed by atoms with Crippen LogP contribution in [-0.2, 0) is 18.4 Å². The van der Waals surface area contributed by atoms with Gasteiger partial charge in [0.1, 0.15) is 17.5 Å². The van der Waals surface area contributed by atoms with Crippen LogP contribution in [0, 0.1) is 22.9 Å². The van der Waals surface area contributed by atoms with Crippen LogP contribution in [0.2, 0.25) is 0 Å². The summed E-state index contributed by atoms with van der Waals surface area (Å²) in [6, 6.07) is 11.7. The Morgan fingerprint density at radius 3 is 2.42 bits per heavy atom. The predicted octanol–water partition coefficient (Wildman–Crippen LogP) is 4.01. The van der Waals surface area contributed by atoms with E-state index < -0.39 is 35.7 Å². The average Bonchev–Trinajstić information content (AvgIpc) is 3.19. The minimum absolute atomic E-state index is 0.0129. The van der Waals surface area contributed by atoms with Gasteiger partial charge in [0.15, 0.2) is 11.6 Å². The first-order valence-corrected chi connectivity index (χ1v) is 11.4. The van der Waals surface area contributed by atoms with Crippen LogP contribution in [0.4, 0.5) is 24.5 Å². The molecular formula is C26H23F3N6O3. The lowest BCUT2D eigenvalue weighted by Gasteiger charge is -2.22. The van der Waals surface area contributed by atoms with E-state index in [0.717, 1.165) is 23.1 Å². The normalized spacial score (nSPS) is 10.9. The molecule has 12 heteroatoms. The molecular weight excluding hydrogens is 501 g/mol. The van der Waals surface area contributed by atoms with Crippen LogP contribution in [0.3, 0.4) is 0 Å². The van der Waals surface area contributed by atoms with Gasteiger partial charge in [-0.05, 0) is 48.5 Å². The maximum atomic E-state index is 14.4. The molecule has 0 radical (unpaired) electrons. The highest BCUT2D eigenvalue weighted by Crippen LogP contribution is 2.24. The topological polar surface area (TPSA) is 137 Å². The van der Waals surface area contributed by atoms with Crippen molar-refractivity contribution in [1.82, 2.24) is 9.55 Å². The number of amidine groups is 1. The largest absolute Gasteiger partial charge is 0.481 e. The zero-order valence-electron chi connectivity index (χ0n) is 20.1. The van der Waals surface area contributed by atoms with Gasteiger partial charge in [-0.3, -0.25) is 15.0 Å². The summed E-state index contributed by atoms with van der Waals surface area (Å²) in [7, 11) is 1.75. The van der Waals surface area contributed by atoms with Gasteiger partial charge in [0.2, 0.25) is 0 Å². The van der Waals surface area contributed by atoms with Gasteiger partial charge >= 0.3 is 5.97 Å². The number of benzene rings is 3. The number of nitrogens with two attached hydrogens (primary N) is 1. The molecule has 0 spiro atoms. The van der Waals surface area contributed by atoms with Gasteiger partial charge in [0.25, 0.3) is 5.91 Å². The van der Waals surface area contributed by atoms with E-state index in [-0.39, 0.29) is 41.4 Å². The van der Waals surface area contributed by atoms with Crippen molar-refractivity contribution in [1.29, 1.82) is 5.41 Å². The Morgan fingerprint density at radius 2 is 1.76 bits per heavy atom. The Kier molecular flexibility index (Phi) is 7.33. The number of hydrogen-bond acceptors (Lipinski definition) is 5. The molecule has 0 aliphatic heterocycles. The summed E-state index contributed by atoms with van der Waals surface area (Å²) in [6.07, 6.45) is -0.406. The van der Waals surface area contributed by atoms with Crippen molar-refractivity contribution < 1.29 is 27.9 Å². The van der Waals surface area contributed by atoms with Gasteiger partial charge in [-0.1, -0.05) is 0 Å². The van der Waals surface area contributed by atoms with E-state index in [4.69, 9.17) is 16.2 Å². The maximum Gasteiger partial charge on any atom is 0.305 e. The van der Waals surface area contributed by atoms with Gasteiger partial charge in [-0.25, -0.2) is 18.2 Å². The number of carbonyl (C=O) groups is 2. The number of carboxylic acid groups (broad SMARTS) is 1. The average molecular weight is 525 g/mol. The number of imidazole rings is 1. The Labute approximate surface area is 214 Å². The zero-order valence-corrected chi connectivity index (χ0v) is 20.1. The Morgan fingerprint density at radius 1 is 1.03 bits per heavy atom. The molecule has 1 amide bonds. The third-order valence-electron chi connectivity index (χ3n) is 5.95. The number of aromatic nitrogens is 2. The minimum atomic E-state index is -1.17. The highest BCUT2D eigenvalue weighted by atomic mass is 19.2. The summed E-state index contributed by atoms with van der Waals surface area (Å²) in [5.41, 5.74) is 7.14. The number of aryl methyl sites for hydroxylation is 1. The molecule has 0 bridgehead atoms. The fourth-order valence-electron chi connectivity index (χ4n) is 3.91. The number of rotatable bonds is 9. The van der Waals surface area contributed by atoms with Crippen molar-refractivity contribution in [2.75, 3.05) is 16.8 Å². The van der Waals surface area contributed by atoms with E-state index in [1.54, 1.807) is 17.7 Å². The van der Waals surface area contributed by atoms with Crippen LogP contribution < -0.4 is 16.0 Å². The second-order valence-corrected chi connectivity index (χ2v) is 8.45. The van der Waals surface area contributed by atoms with Crippen LogP contribution in [-0.4, -0.2) is 38.9 Å². The second kappa shape index (κ2) is 10.6. The Balaban J connectivity index is 1.60. The zero-order chi connectivity index (χ0) is 27.6. The number of anilines is 2. The minimum Gasteiger partial charge on any atom is -0.481 e. The molecule has 4 rings (SSSR count). The number of amides is 1. The quantitative estimate of drug-likeness (QED) is 0.193. The molecule has 4 aromatic rings. The van der Waals surface area contributed by atoms with E-state index >= 15 is 0 Å². The Hall–Kier alpha value is -4.87. The fourth-order valence-corrected chi connectivity index (χ4v) is 3.91. The molecule has 1 heterocycles. The van der Waals surface area contributed by atoms with Crippen LogP contribution in [0.1, 0.15) is 28.2 Å². The van der Waals surface area contributed by atoms with E-state index in [9.17, 15) is 22.8 Å². The van der Waals surface area contributed by atoms with E-state index in [2.05, 4.69) is 10.3 Å². The molecule has 0 atom stereocenters. The maximum absolute atomic E-state index is 14.4. The molecule has 196 valence electrons. The summed E-state index contributed by atoms with van der Waals surface area (Å²) >= 11 is 0. The number of carboxylic acids is 1. The second-order valence-electron chi connectivity index (χ2n) is 8.45. The third kappa shape index (κ3) is 5.43. The number of hydrogen-bond donors (Lipinski definition) is 4. The summed E-state index contributed by atoms with van der Waals surface area (Å²) in [4.78, 5) is 30.0. The van der Waals surface area contributed by atoms with E-state index in [1.165, 1.54) is 30.3 Å². The number of nitrogens with zero attached hydrogens (tertiary/aromatic N) is 3. The highest BCUT2D eigenvalue weighted by Gasteiger charge is 2.21. The van der Waals surface area contributed by atoms with Crippen molar-refractivity contribution in [2.24, 2.45) is 12.8 Å². The number of fused-ring (bicyclic) bond motifs is 1. The van der Waals surface area contributed by atoms with E-state index in [1.807, 2.05) is 0 Å². The molecule has 0 aliphatic carbocycles. The number of halogens is 3. The Bertz CT molecular complexity index is 1570. The number of carbonyl (C=O) groups excluding carboxylic acids is 1. The predicted molar refractivity (Wildman–Crippen MR) is 136 cm³/mol. The molecule has 0 saturated heterocycles. The molecule has 0 aliphatic rings. The van der Waals surface area contributed by atoms with Crippen molar-refractivity contribution in [3.8, 4) is 0 Å². The number of nitrogen functional groups attached to an aromatic ring is 1. The smallest absolute Gasteiger partial charge is 0.305 e. The summed E-state index contributed by atoms with van der Waals surface area (Å²) < 4.78 is 43.4. The summed E-state index contributed by atoms with van der Waals surface area (Å²) in [5.74, 6) is -4.33. The lowest BCUT2D eigenvalue weighted by Crippen LogP contribution is -2.33. The summed E-state index contributed by atoms with van der Waals surface area (Å²) in [6.45, 7) is -0.118. The first kappa shape index (κ1) is 26.2. The number of aliphatic carboxylic acids is 1. The van der Waals surface area contributed by atoms with Crippen LogP contribution in [0.15, 0.2) is 54.6 Å². The van der Waals surface area contributed by atoms with Crippen LogP contribution in [0.25, 0.3) is 11.0 Å². The van der Waals surface area contributed by atoms with Gasteiger partial charge in [0, 0.05) is 36.5 Å². The molecule has 1 aromatic heterocycles. The first-order chi connectivity index (χ1) is 18.0. The molecule has 0 fully saturated rings. The lowest BCUT2D eigenvalue weighted by molar-refractivity contribution is -0.136. The fraction of sp³-hybridized carbons (Fsp3) is 0.154. The SMILES string of the molecule is Cn1c(CNc2ccc(C(=N)N)cc2F)nc2cc(C(=O)N(CCC(=O)O)c3ccc(F)c(F)c3)ccc21.